The molecule has 1 atom stereocenters. The maximum atomic E-state index is 12.7. The fourth-order valence-electron chi connectivity index (χ4n) is 3.06. The highest BCUT2D eigenvalue weighted by molar-refractivity contribution is 7.15. The number of nitrogens with one attached hydrogen (secondary N) is 2. The average molecular weight is 464 g/mol. The van der Waals surface area contributed by atoms with Gasteiger partial charge in [0, 0.05) is 35.5 Å². The predicted molar refractivity (Wildman–Crippen MR) is 135 cm³/mol. The van der Waals surface area contributed by atoms with Gasteiger partial charge in [-0.15, -0.1) is 11.3 Å². The minimum Gasteiger partial charge on any atom is -0.307 e. The molecular weight excluding hydrogens is 434 g/mol. The Hall–Kier alpha value is -3.36. The van der Waals surface area contributed by atoms with E-state index in [-0.39, 0.29) is 17.7 Å². The number of rotatable bonds is 9. The molecule has 0 aliphatic carbocycles. The SMILES string of the molecule is CCc1cnc(NC(=O)C(C)c2cccc(-c3ccc(NC(=O)/C=C/CN(C)C)nc3)c2)s1. The number of hydrogen-bond donors (Lipinski definition) is 2. The first kappa shape index (κ1) is 24.3. The fourth-order valence-corrected chi connectivity index (χ4v) is 3.81. The van der Waals surface area contributed by atoms with Crippen LogP contribution in [0.25, 0.3) is 11.1 Å². The van der Waals surface area contributed by atoms with Crippen molar-refractivity contribution in [1.29, 1.82) is 0 Å². The van der Waals surface area contributed by atoms with Crippen LogP contribution in [0.2, 0.25) is 0 Å². The summed E-state index contributed by atoms with van der Waals surface area (Å²) in [5, 5.41) is 6.29. The molecule has 0 radical (unpaired) electrons. The zero-order valence-corrected chi connectivity index (χ0v) is 20.1. The number of benzene rings is 1. The summed E-state index contributed by atoms with van der Waals surface area (Å²) in [5.41, 5.74) is 2.75. The maximum Gasteiger partial charge on any atom is 0.249 e. The van der Waals surface area contributed by atoms with Crippen LogP contribution in [0.15, 0.2) is 60.9 Å². The van der Waals surface area contributed by atoms with Gasteiger partial charge in [0.2, 0.25) is 11.8 Å². The summed E-state index contributed by atoms with van der Waals surface area (Å²) in [6.07, 6.45) is 7.70. The first-order chi connectivity index (χ1) is 15.9. The van der Waals surface area contributed by atoms with E-state index in [1.165, 1.54) is 17.4 Å². The third-order valence-electron chi connectivity index (χ3n) is 5.00. The first-order valence-electron chi connectivity index (χ1n) is 10.8. The Labute approximate surface area is 198 Å². The lowest BCUT2D eigenvalue weighted by Gasteiger charge is -2.13. The Balaban J connectivity index is 1.65. The summed E-state index contributed by atoms with van der Waals surface area (Å²) in [4.78, 5) is 36.4. The van der Waals surface area contributed by atoms with E-state index in [0.29, 0.717) is 17.5 Å². The van der Waals surface area contributed by atoms with E-state index in [0.717, 1.165) is 28.0 Å². The van der Waals surface area contributed by atoms with Gasteiger partial charge in [0.1, 0.15) is 5.82 Å². The van der Waals surface area contributed by atoms with Crippen molar-refractivity contribution in [2.75, 3.05) is 31.3 Å². The van der Waals surface area contributed by atoms with E-state index in [4.69, 9.17) is 0 Å². The van der Waals surface area contributed by atoms with Crippen LogP contribution in [0.4, 0.5) is 10.9 Å². The number of thiazole rings is 1. The van der Waals surface area contributed by atoms with Crippen molar-refractivity contribution < 1.29 is 9.59 Å². The zero-order valence-electron chi connectivity index (χ0n) is 19.3. The second-order valence-corrected chi connectivity index (χ2v) is 9.02. The molecule has 172 valence electrons. The van der Waals surface area contributed by atoms with E-state index >= 15 is 0 Å². The molecule has 2 aromatic heterocycles. The highest BCUT2D eigenvalue weighted by atomic mass is 32.1. The molecule has 0 aliphatic rings. The molecule has 0 fully saturated rings. The van der Waals surface area contributed by atoms with E-state index in [1.54, 1.807) is 24.5 Å². The molecule has 0 spiro atoms. The number of nitrogens with zero attached hydrogens (tertiary/aromatic N) is 3. The molecule has 2 heterocycles. The lowest BCUT2D eigenvalue weighted by molar-refractivity contribution is -0.117. The van der Waals surface area contributed by atoms with Crippen molar-refractivity contribution in [3.8, 4) is 11.1 Å². The molecule has 33 heavy (non-hydrogen) atoms. The summed E-state index contributed by atoms with van der Waals surface area (Å²) < 4.78 is 0. The van der Waals surface area contributed by atoms with E-state index in [9.17, 15) is 9.59 Å². The van der Waals surface area contributed by atoms with Gasteiger partial charge in [0.05, 0.1) is 5.92 Å². The molecule has 1 unspecified atom stereocenters. The summed E-state index contributed by atoms with van der Waals surface area (Å²) in [7, 11) is 3.88. The molecular formula is C25H29N5O2S. The fraction of sp³-hybridized carbons (Fsp3) is 0.280. The number of carbonyl (C=O) groups excluding carboxylic acids is 2. The predicted octanol–water partition coefficient (Wildman–Crippen LogP) is 4.57. The Morgan fingerprint density at radius 2 is 1.91 bits per heavy atom. The quantitative estimate of drug-likeness (QED) is 0.454. The Kier molecular flexibility index (Phi) is 8.46. The van der Waals surface area contributed by atoms with Gasteiger partial charge in [0.15, 0.2) is 5.13 Å². The van der Waals surface area contributed by atoms with Gasteiger partial charge in [-0.3, -0.25) is 9.59 Å². The molecule has 0 saturated carbocycles. The number of likely N-dealkylation sites (N-methyl/N-ethyl adjacent to an activating group) is 1. The minimum absolute atomic E-state index is 0.0948. The van der Waals surface area contributed by atoms with Crippen molar-refractivity contribution >= 4 is 34.1 Å². The maximum absolute atomic E-state index is 12.7. The molecule has 0 bridgehead atoms. The minimum atomic E-state index is -0.334. The third-order valence-corrected chi connectivity index (χ3v) is 6.06. The monoisotopic (exact) mass is 463 g/mol. The molecule has 0 aliphatic heterocycles. The summed E-state index contributed by atoms with van der Waals surface area (Å²) in [6, 6.07) is 11.5. The van der Waals surface area contributed by atoms with Gasteiger partial charge < -0.3 is 15.5 Å². The molecule has 8 heteroatoms. The molecule has 3 aromatic rings. The largest absolute Gasteiger partial charge is 0.307 e. The second-order valence-electron chi connectivity index (χ2n) is 7.91. The van der Waals surface area contributed by atoms with Crippen molar-refractivity contribution in [2.24, 2.45) is 0 Å². The Morgan fingerprint density at radius 1 is 1.09 bits per heavy atom. The molecule has 0 saturated heterocycles. The van der Waals surface area contributed by atoms with Gasteiger partial charge in [-0.25, -0.2) is 9.97 Å². The molecule has 1 aromatic carbocycles. The zero-order chi connectivity index (χ0) is 23.8. The molecule has 7 nitrogen and oxygen atoms in total. The number of anilines is 2. The van der Waals surface area contributed by atoms with Gasteiger partial charge in [-0.2, -0.15) is 0 Å². The van der Waals surface area contributed by atoms with Crippen LogP contribution in [-0.4, -0.2) is 47.3 Å². The van der Waals surface area contributed by atoms with Crippen LogP contribution < -0.4 is 10.6 Å². The number of pyridine rings is 1. The van der Waals surface area contributed by atoms with E-state index in [1.807, 2.05) is 56.3 Å². The third kappa shape index (κ3) is 7.06. The summed E-state index contributed by atoms with van der Waals surface area (Å²) in [5.74, 6) is -0.163. The van der Waals surface area contributed by atoms with Crippen LogP contribution >= 0.6 is 11.3 Å². The van der Waals surface area contributed by atoms with Crippen LogP contribution in [0.3, 0.4) is 0 Å². The number of aryl methyl sites for hydroxylation is 1. The lowest BCUT2D eigenvalue weighted by Crippen LogP contribution is -2.18. The number of amides is 2. The molecule has 3 rings (SSSR count). The van der Waals surface area contributed by atoms with Crippen molar-refractivity contribution in [2.45, 2.75) is 26.2 Å². The van der Waals surface area contributed by atoms with Crippen LogP contribution in [0.5, 0.6) is 0 Å². The first-order valence-corrected chi connectivity index (χ1v) is 11.6. The van der Waals surface area contributed by atoms with Gasteiger partial charge in [-0.05, 0) is 50.7 Å². The highest BCUT2D eigenvalue weighted by Gasteiger charge is 2.17. The van der Waals surface area contributed by atoms with Crippen LogP contribution in [0.1, 0.15) is 30.2 Å². The average Bonchev–Trinajstić information content (AvgIpc) is 3.26. The topological polar surface area (TPSA) is 87.2 Å². The number of carbonyl (C=O) groups is 2. The number of aromatic nitrogens is 2. The Bertz CT molecular complexity index is 1120. The van der Waals surface area contributed by atoms with Gasteiger partial charge in [-0.1, -0.05) is 37.3 Å². The van der Waals surface area contributed by atoms with Crippen LogP contribution in [-0.2, 0) is 16.0 Å². The van der Waals surface area contributed by atoms with Gasteiger partial charge >= 0.3 is 0 Å². The standard InChI is InChI=1S/C25H29N5O2S/c1-5-21-16-27-25(33-21)29-24(32)17(2)18-8-6-9-19(14-18)20-11-12-22(26-15-20)28-23(31)10-7-13-30(3)4/h6-12,14-17H,5,13H2,1-4H3,(H,26,28,31)(H,27,29,32)/b10-7+. The van der Waals surface area contributed by atoms with Crippen molar-refractivity contribution in [3.05, 3.63) is 71.4 Å². The summed E-state index contributed by atoms with van der Waals surface area (Å²) >= 11 is 1.50. The van der Waals surface area contributed by atoms with Crippen LogP contribution in [0, 0.1) is 0 Å². The number of hydrogen-bond acceptors (Lipinski definition) is 6. The smallest absolute Gasteiger partial charge is 0.249 e. The van der Waals surface area contributed by atoms with E-state index < -0.39 is 0 Å². The molecule has 2 N–H and O–H groups in total. The normalized spacial score (nSPS) is 12.2. The second kappa shape index (κ2) is 11.5. The lowest BCUT2D eigenvalue weighted by atomic mass is 9.96. The highest BCUT2D eigenvalue weighted by Crippen LogP contribution is 2.26. The van der Waals surface area contributed by atoms with Crippen molar-refractivity contribution in [3.63, 3.8) is 0 Å². The Morgan fingerprint density at radius 3 is 2.58 bits per heavy atom. The van der Waals surface area contributed by atoms with E-state index in [2.05, 4.69) is 27.5 Å². The van der Waals surface area contributed by atoms with Crippen molar-refractivity contribution in [1.82, 2.24) is 14.9 Å². The van der Waals surface area contributed by atoms with Gasteiger partial charge in [0.25, 0.3) is 0 Å². The molecule has 2 amide bonds. The summed E-state index contributed by atoms with van der Waals surface area (Å²) in [6.45, 7) is 4.63.